The molecule has 0 bridgehead atoms. The predicted molar refractivity (Wildman–Crippen MR) is 82.7 cm³/mol. The molecule has 0 radical (unpaired) electrons. The van der Waals surface area contributed by atoms with Crippen LogP contribution in [0.4, 0.5) is 13.2 Å². The SMILES string of the molecule is O=C(NC1CCCc2ccccc21)c1ccc(OC(F)(F)F)cc1. The van der Waals surface area contributed by atoms with Gasteiger partial charge in [-0.3, -0.25) is 4.79 Å². The molecule has 0 spiro atoms. The van der Waals surface area contributed by atoms with Gasteiger partial charge in [-0.2, -0.15) is 0 Å². The van der Waals surface area contributed by atoms with Crippen molar-refractivity contribution in [3.8, 4) is 5.75 Å². The monoisotopic (exact) mass is 335 g/mol. The Morgan fingerprint density at radius 2 is 1.79 bits per heavy atom. The Morgan fingerprint density at radius 3 is 2.50 bits per heavy atom. The summed E-state index contributed by atoms with van der Waals surface area (Å²) in [6.45, 7) is 0. The Morgan fingerprint density at radius 1 is 1.08 bits per heavy atom. The van der Waals surface area contributed by atoms with E-state index in [9.17, 15) is 18.0 Å². The molecule has 0 saturated heterocycles. The van der Waals surface area contributed by atoms with Crippen molar-refractivity contribution in [2.45, 2.75) is 31.7 Å². The number of aryl methyl sites for hydroxylation is 1. The fourth-order valence-corrected chi connectivity index (χ4v) is 2.95. The van der Waals surface area contributed by atoms with E-state index in [1.807, 2.05) is 18.2 Å². The van der Waals surface area contributed by atoms with Gasteiger partial charge in [-0.05, 0) is 54.7 Å². The van der Waals surface area contributed by atoms with Crippen LogP contribution in [0.25, 0.3) is 0 Å². The van der Waals surface area contributed by atoms with Crippen molar-refractivity contribution in [2.24, 2.45) is 0 Å². The van der Waals surface area contributed by atoms with E-state index in [0.29, 0.717) is 5.56 Å². The van der Waals surface area contributed by atoms with Gasteiger partial charge in [0.1, 0.15) is 5.75 Å². The Hall–Kier alpha value is -2.50. The summed E-state index contributed by atoms with van der Waals surface area (Å²) in [5, 5.41) is 2.96. The number of hydrogen-bond donors (Lipinski definition) is 1. The van der Waals surface area contributed by atoms with Gasteiger partial charge in [0.25, 0.3) is 5.91 Å². The fourth-order valence-electron chi connectivity index (χ4n) is 2.95. The number of fused-ring (bicyclic) bond motifs is 1. The maximum atomic E-state index is 12.3. The normalized spacial score (nSPS) is 17.0. The maximum Gasteiger partial charge on any atom is 0.573 e. The molecule has 0 heterocycles. The highest BCUT2D eigenvalue weighted by molar-refractivity contribution is 5.94. The van der Waals surface area contributed by atoms with Gasteiger partial charge < -0.3 is 10.1 Å². The van der Waals surface area contributed by atoms with E-state index >= 15 is 0 Å². The van der Waals surface area contributed by atoms with E-state index in [2.05, 4.69) is 16.1 Å². The largest absolute Gasteiger partial charge is 0.573 e. The summed E-state index contributed by atoms with van der Waals surface area (Å²) in [5.41, 5.74) is 2.63. The number of rotatable bonds is 3. The highest BCUT2D eigenvalue weighted by Crippen LogP contribution is 2.30. The van der Waals surface area contributed by atoms with E-state index in [1.165, 1.54) is 17.7 Å². The van der Waals surface area contributed by atoms with Crippen molar-refractivity contribution in [2.75, 3.05) is 0 Å². The Balaban J connectivity index is 1.70. The van der Waals surface area contributed by atoms with Gasteiger partial charge >= 0.3 is 6.36 Å². The number of ether oxygens (including phenoxy) is 1. The number of benzene rings is 2. The van der Waals surface area contributed by atoms with Crippen molar-refractivity contribution < 1.29 is 22.7 Å². The van der Waals surface area contributed by atoms with Gasteiger partial charge in [0.15, 0.2) is 0 Å². The van der Waals surface area contributed by atoms with Crippen molar-refractivity contribution in [3.05, 3.63) is 65.2 Å². The van der Waals surface area contributed by atoms with Gasteiger partial charge in [0, 0.05) is 5.56 Å². The molecule has 2 aromatic rings. The minimum absolute atomic E-state index is 0.0754. The highest BCUT2D eigenvalue weighted by Gasteiger charge is 2.31. The molecule has 0 saturated carbocycles. The lowest BCUT2D eigenvalue weighted by Crippen LogP contribution is -2.30. The van der Waals surface area contributed by atoms with Crippen LogP contribution in [0, 0.1) is 0 Å². The third-order valence-electron chi connectivity index (χ3n) is 4.02. The lowest BCUT2D eigenvalue weighted by atomic mass is 9.87. The first kappa shape index (κ1) is 16.4. The van der Waals surface area contributed by atoms with Crippen LogP contribution in [0.3, 0.4) is 0 Å². The van der Waals surface area contributed by atoms with Gasteiger partial charge in [0.05, 0.1) is 6.04 Å². The Bertz CT molecular complexity index is 726. The van der Waals surface area contributed by atoms with Crippen LogP contribution in [0.15, 0.2) is 48.5 Å². The van der Waals surface area contributed by atoms with Gasteiger partial charge in [0.2, 0.25) is 0 Å². The summed E-state index contributed by atoms with van der Waals surface area (Å²) in [6.07, 6.45) is -1.92. The molecular weight excluding hydrogens is 319 g/mol. The van der Waals surface area contributed by atoms with Crippen LogP contribution in [0.5, 0.6) is 5.75 Å². The summed E-state index contributed by atoms with van der Waals surface area (Å²) in [6, 6.07) is 12.8. The van der Waals surface area contributed by atoms with Crippen molar-refractivity contribution in [1.82, 2.24) is 5.32 Å². The second-order valence-electron chi connectivity index (χ2n) is 5.69. The number of carbonyl (C=O) groups is 1. The molecule has 2 aromatic carbocycles. The number of hydrogen-bond acceptors (Lipinski definition) is 2. The third kappa shape index (κ3) is 3.88. The van der Waals surface area contributed by atoms with Crippen molar-refractivity contribution >= 4 is 5.91 Å². The number of alkyl halides is 3. The molecule has 1 aliphatic rings. The molecule has 3 nitrogen and oxygen atoms in total. The molecule has 0 fully saturated rings. The molecule has 0 aromatic heterocycles. The lowest BCUT2D eigenvalue weighted by molar-refractivity contribution is -0.274. The van der Waals surface area contributed by atoms with Gasteiger partial charge in [-0.1, -0.05) is 24.3 Å². The number of carbonyl (C=O) groups excluding carboxylic acids is 1. The molecule has 1 atom stereocenters. The topological polar surface area (TPSA) is 38.3 Å². The lowest BCUT2D eigenvalue weighted by Gasteiger charge is -2.26. The number of halogens is 3. The minimum Gasteiger partial charge on any atom is -0.406 e. The van der Waals surface area contributed by atoms with E-state index in [4.69, 9.17) is 0 Å². The maximum absolute atomic E-state index is 12.3. The molecule has 6 heteroatoms. The van der Waals surface area contributed by atoms with Crippen molar-refractivity contribution in [3.63, 3.8) is 0 Å². The summed E-state index contributed by atoms with van der Waals surface area (Å²) in [7, 11) is 0. The average molecular weight is 335 g/mol. The molecule has 1 amide bonds. The zero-order valence-corrected chi connectivity index (χ0v) is 12.8. The number of nitrogens with one attached hydrogen (secondary N) is 1. The Labute approximate surface area is 137 Å². The molecule has 1 N–H and O–H groups in total. The van der Waals surface area contributed by atoms with Crippen LogP contribution < -0.4 is 10.1 Å². The second-order valence-corrected chi connectivity index (χ2v) is 5.69. The molecule has 126 valence electrons. The summed E-state index contributed by atoms with van der Waals surface area (Å²) >= 11 is 0. The summed E-state index contributed by atoms with van der Waals surface area (Å²) in [4.78, 5) is 12.3. The predicted octanol–water partition coefficient (Wildman–Crippen LogP) is 4.39. The van der Waals surface area contributed by atoms with Crippen LogP contribution in [-0.4, -0.2) is 12.3 Å². The molecule has 1 unspecified atom stereocenters. The zero-order valence-electron chi connectivity index (χ0n) is 12.8. The Kier molecular flexibility index (Phi) is 4.46. The van der Waals surface area contributed by atoms with E-state index in [-0.39, 0.29) is 17.7 Å². The standard InChI is InChI=1S/C18H16F3NO2/c19-18(20,21)24-14-10-8-13(9-11-14)17(23)22-16-7-3-5-12-4-1-2-6-15(12)16/h1-2,4,6,8-11,16H,3,5,7H2,(H,22,23). The molecule has 0 aliphatic heterocycles. The third-order valence-corrected chi connectivity index (χ3v) is 4.02. The summed E-state index contributed by atoms with van der Waals surface area (Å²) < 4.78 is 40.2. The van der Waals surface area contributed by atoms with Gasteiger partial charge in [-0.25, -0.2) is 0 Å². The second kappa shape index (κ2) is 6.55. The quantitative estimate of drug-likeness (QED) is 0.903. The fraction of sp³-hybridized carbons (Fsp3) is 0.278. The van der Waals surface area contributed by atoms with Crippen molar-refractivity contribution in [1.29, 1.82) is 0 Å². The van der Waals surface area contributed by atoms with Crippen LogP contribution >= 0.6 is 0 Å². The smallest absolute Gasteiger partial charge is 0.406 e. The first-order valence-electron chi connectivity index (χ1n) is 7.67. The number of amides is 1. The van der Waals surface area contributed by atoms with E-state index in [1.54, 1.807) is 0 Å². The van der Waals surface area contributed by atoms with E-state index < -0.39 is 6.36 Å². The average Bonchev–Trinajstić information content (AvgIpc) is 2.54. The first-order chi connectivity index (χ1) is 11.4. The van der Waals surface area contributed by atoms with Crippen LogP contribution in [0.2, 0.25) is 0 Å². The molecular formula is C18H16F3NO2. The molecule has 3 rings (SSSR count). The molecule has 24 heavy (non-hydrogen) atoms. The molecule has 1 aliphatic carbocycles. The van der Waals surface area contributed by atoms with Crippen LogP contribution in [0.1, 0.15) is 40.4 Å². The van der Waals surface area contributed by atoms with E-state index in [0.717, 1.165) is 37.0 Å². The van der Waals surface area contributed by atoms with Crippen LogP contribution in [-0.2, 0) is 6.42 Å². The zero-order chi connectivity index (χ0) is 17.2. The highest BCUT2D eigenvalue weighted by atomic mass is 19.4. The first-order valence-corrected chi connectivity index (χ1v) is 7.67. The summed E-state index contributed by atoms with van der Waals surface area (Å²) in [5.74, 6) is -0.655. The van der Waals surface area contributed by atoms with Gasteiger partial charge in [-0.15, -0.1) is 13.2 Å². The minimum atomic E-state index is -4.74.